The van der Waals surface area contributed by atoms with Gasteiger partial charge in [0.15, 0.2) is 5.76 Å². The highest BCUT2D eigenvalue weighted by molar-refractivity contribution is 7.97. The Morgan fingerprint density at radius 3 is 2.89 bits per heavy atom. The van der Waals surface area contributed by atoms with Crippen molar-refractivity contribution in [1.29, 1.82) is 0 Å². The summed E-state index contributed by atoms with van der Waals surface area (Å²) >= 11 is 1.65. The summed E-state index contributed by atoms with van der Waals surface area (Å²) < 4.78 is 13.2. The minimum atomic E-state index is -0.463. The molecule has 2 saturated heterocycles. The van der Waals surface area contributed by atoms with Gasteiger partial charge in [0.05, 0.1) is 24.0 Å². The van der Waals surface area contributed by atoms with Gasteiger partial charge in [-0.2, -0.15) is 11.8 Å². The topological polar surface area (TPSA) is 77.6 Å². The number of ether oxygens (including phenoxy) is 1. The van der Waals surface area contributed by atoms with Crippen molar-refractivity contribution in [2.75, 3.05) is 19.3 Å². The van der Waals surface area contributed by atoms with E-state index in [0.29, 0.717) is 44.7 Å². The average Bonchev–Trinajstić information content (AvgIpc) is 3.39. The average molecular weight is 389 g/mol. The standard InChI is InChI=1S/C19H23N3O4S/c1-27-12-14-2-3-16(25-14)17(23)22-7-4-19(5-8-22)10-15(26-18(19)24)11-21-9-6-20-13-21/h2-3,6,9,13,15H,4-5,7-8,10-12H2,1H3. The van der Waals surface area contributed by atoms with Crippen molar-refractivity contribution in [3.63, 3.8) is 0 Å². The van der Waals surface area contributed by atoms with Gasteiger partial charge in [-0.15, -0.1) is 0 Å². The molecule has 1 amide bonds. The number of thioether (sulfide) groups is 1. The zero-order chi connectivity index (χ0) is 18.9. The molecule has 2 aliphatic heterocycles. The predicted octanol–water partition coefficient (Wildman–Crippen LogP) is 2.58. The zero-order valence-corrected chi connectivity index (χ0v) is 16.1. The second kappa shape index (κ2) is 7.42. The van der Waals surface area contributed by atoms with E-state index in [2.05, 4.69) is 4.98 Å². The third kappa shape index (κ3) is 3.63. The summed E-state index contributed by atoms with van der Waals surface area (Å²) in [6.45, 7) is 1.72. The normalized spacial score (nSPS) is 21.6. The molecule has 2 fully saturated rings. The number of esters is 1. The number of rotatable bonds is 5. The van der Waals surface area contributed by atoms with E-state index in [1.54, 1.807) is 35.3 Å². The summed E-state index contributed by atoms with van der Waals surface area (Å²) in [7, 11) is 0. The Morgan fingerprint density at radius 2 is 2.19 bits per heavy atom. The Labute approximate surface area is 162 Å². The highest BCUT2D eigenvalue weighted by atomic mass is 32.2. The lowest BCUT2D eigenvalue weighted by molar-refractivity contribution is -0.150. The number of carbonyl (C=O) groups excluding carboxylic acids is 2. The van der Waals surface area contributed by atoms with Gasteiger partial charge in [0.25, 0.3) is 5.91 Å². The first-order valence-corrected chi connectivity index (χ1v) is 10.5. The molecule has 0 aromatic carbocycles. The lowest BCUT2D eigenvalue weighted by atomic mass is 9.76. The van der Waals surface area contributed by atoms with Crippen molar-refractivity contribution < 1.29 is 18.7 Å². The maximum atomic E-state index is 12.7. The minimum absolute atomic E-state index is 0.0986. The van der Waals surface area contributed by atoms with Crippen LogP contribution < -0.4 is 0 Å². The van der Waals surface area contributed by atoms with Gasteiger partial charge in [-0.25, -0.2) is 4.98 Å². The fourth-order valence-corrected chi connectivity index (χ4v) is 4.42. The second-order valence-corrected chi connectivity index (χ2v) is 8.13. The van der Waals surface area contributed by atoms with Crippen LogP contribution in [0.1, 0.15) is 35.6 Å². The Bertz CT molecular complexity index is 809. The molecule has 27 heavy (non-hydrogen) atoms. The Balaban J connectivity index is 1.36. The van der Waals surface area contributed by atoms with Gasteiger partial charge in [-0.1, -0.05) is 0 Å². The molecule has 0 aliphatic carbocycles. The number of hydrogen-bond acceptors (Lipinski definition) is 6. The van der Waals surface area contributed by atoms with Crippen LogP contribution in [-0.2, 0) is 21.8 Å². The first-order valence-electron chi connectivity index (χ1n) is 9.13. The summed E-state index contributed by atoms with van der Waals surface area (Å²) in [5.74, 6) is 1.71. The molecule has 1 atom stereocenters. The number of aromatic nitrogens is 2. The number of likely N-dealkylation sites (tertiary alicyclic amines) is 1. The summed E-state index contributed by atoms with van der Waals surface area (Å²) in [5, 5.41) is 0. The lowest BCUT2D eigenvalue weighted by Crippen LogP contribution is -2.45. The van der Waals surface area contributed by atoms with E-state index in [1.807, 2.05) is 23.1 Å². The molecular formula is C19H23N3O4S. The number of piperidine rings is 1. The summed E-state index contributed by atoms with van der Waals surface area (Å²) in [6.07, 6.45) is 9.15. The van der Waals surface area contributed by atoms with Gasteiger partial charge in [-0.05, 0) is 31.2 Å². The monoisotopic (exact) mass is 389 g/mol. The van der Waals surface area contributed by atoms with E-state index in [0.717, 1.165) is 11.5 Å². The van der Waals surface area contributed by atoms with Crippen LogP contribution in [0.25, 0.3) is 0 Å². The summed E-state index contributed by atoms with van der Waals surface area (Å²) in [5.41, 5.74) is -0.463. The Hall–Kier alpha value is -2.22. The first-order chi connectivity index (χ1) is 13.1. The van der Waals surface area contributed by atoms with Gasteiger partial charge in [0.2, 0.25) is 0 Å². The van der Waals surface area contributed by atoms with E-state index in [-0.39, 0.29) is 18.0 Å². The molecular weight excluding hydrogens is 366 g/mol. The van der Waals surface area contributed by atoms with Gasteiger partial charge in [-0.3, -0.25) is 9.59 Å². The smallest absolute Gasteiger partial charge is 0.312 e. The highest BCUT2D eigenvalue weighted by Crippen LogP contribution is 2.43. The van der Waals surface area contributed by atoms with E-state index in [9.17, 15) is 9.59 Å². The fourth-order valence-electron chi connectivity index (χ4n) is 3.98. The zero-order valence-electron chi connectivity index (χ0n) is 15.3. The Morgan fingerprint density at radius 1 is 1.37 bits per heavy atom. The molecule has 4 heterocycles. The Kier molecular flexibility index (Phi) is 4.99. The molecule has 0 N–H and O–H groups in total. The first kappa shape index (κ1) is 18.2. The molecule has 0 saturated carbocycles. The number of nitrogens with zero attached hydrogens (tertiary/aromatic N) is 3. The van der Waals surface area contributed by atoms with Crippen LogP contribution in [0.2, 0.25) is 0 Å². The number of cyclic esters (lactones) is 1. The van der Waals surface area contributed by atoms with Crippen molar-refractivity contribution in [2.24, 2.45) is 5.41 Å². The molecule has 8 heteroatoms. The van der Waals surface area contributed by atoms with Crippen LogP contribution >= 0.6 is 11.8 Å². The van der Waals surface area contributed by atoms with E-state index >= 15 is 0 Å². The van der Waals surface area contributed by atoms with E-state index in [1.165, 1.54) is 0 Å². The van der Waals surface area contributed by atoms with Crippen molar-refractivity contribution in [1.82, 2.24) is 14.5 Å². The molecule has 1 unspecified atom stereocenters. The maximum absolute atomic E-state index is 12.7. The molecule has 2 aromatic heterocycles. The number of hydrogen-bond donors (Lipinski definition) is 0. The minimum Gasteiger partial charge on any atom is -0.460 e. The molecule has 4 rings (SSSR count). The van der Waals surface area contributed by atoms with Crippen LogP contribution in [0, 0.1) is 5.41 Å². The van der Waals surface area contributed by atoms with Gasteiger partial charge >= 0.3 is 5.97 Å². The molecule has 0 radical (unpaired) electrons. The third-order valence-electron chi connectivity index (χ3n) is 5.47. The second-order valence-electron chi connectivity index (χ2n) is 7.26. The van der Waals surface area contributed by atoms with Crippen LogP contribution in [0.4, 0.5) is 0 Å². The SMILES string of the molecule is CSCc1ccc(C(=O)N2CCC3(CC2)CC(Cn2ccnc2)OC3=O)o1. The molecule has 2 aliphatic rings. The van der Waals surface area contributed by atoms with Crippen LogP contribution in [0.5, 0.6) is 0 Å². The van der Waals surface area contributed by atoms with Crippen molar-refractivity contribution in [3.05, 3.63) is 42.4 Å². The highest BCUT2D eigenvalue weighted by Gasteiger charge is 2.51. The van der Waals surface area contributed by atoms with Gasteiger partial charge in [0.1, 0.15) is 11.9 Å². The van der Waals surface area contributed by atoms with Crippen molar-refractivity contribution in [2.45, 2.75) is 37.7 Å². The predicted molar refractivity (Wildman–Crippen MR) is 100 cm³/mol. The van der Waals surface area contributed by atoms with Crippen molar-refractivity contribution >= 4 is 23.6 Å². The molecule has 0 bridgehead atoms. The van der Waals surface area contributed by atoms with Gasteiger partial charge < -0.3 is 18.6 Å². The number of amides is 1. The number of furan rings is 1. The largest absolute Gasteiger partial charge is 0.460 e. The van der Waals surface area contributed by atoms with E-state index < -0.39 is 5.41 Å². The summed E-state index contributed by atoms with van der Waals surface area (Å²) in [6, 6.07) is 3.59. The quantitative estimate of drug-likeness (QED) is 0.732. The summed E-state index contributed by atoms with van der Waals surface area (Å²) in [4.78, 5) is 31.0. The van der Waals surface area contributed by atoms with Crippen LogP contribution in [-0.4, -0.2) is 51.8 Å². The number of carbonyl (C=O) groups is 2. The van der Waals surface area contributed by atoms with Crippen LogP contribution in [0.15, 0.2) is 35.3 Å². The fraction of sp³-hybridized carbons (Fsp3) is 0.526. The molecule has 2 aromatic rings. The van der Waals surface area contributed by atoms with E-state index in [4.69, 9.17) is 9.15 Å². The maximum Gasteiger partial charge on any atom is 0.312 e. The molecule has 1 spiro atoms. The number of imidazole rings is 1. The van der Waals surface area contributed by atoms with Crippen molar-refractivity contribution in [3.8, 4) is 0 Å². The third-order valence-corrected chi connectivity index (χ3v) is 6.04. The molecule has 144 valence electrons. The lowest BCUT2D eigenvalue weighted by Gasteiger charge is -2.36. The molecule has 7 nitrogen and oxygen atoms in total. The van der Waals surface area contributed by atoms with Gasteiger partial charge in [0, 0.05) is 31.9 Å². The van der Waals surface area contributed by atoms with Crippen LogP contribution in [0.3, 0.4) is 0 Å².